The predicted molar refractivity (Wildman–Crippen MR) is 94.2 cm³/mol. The van der Waals surface area contributed by atoms with E-state index in [4.69, 9.17) is 19.7 Å². The molecule has 0 spiro atoms. The van der Waals surface area contributed by atoms with E-state index in [9.17, 15) is 9.59 Å². The largest absolute Gasteiger partial charge is 0.463 e. The normalized spacial score (nSPS) is 12.3. The molecule has 1 unspecified atom stereocenters. The highest BCUT2D eigenvalue weighted by Crippen LogP contribution is 2.09. The van der Waals surface area contributed by atoms with Crippen LogP contribution in [0.4, 0.5) is 0 Å². The predicted octanol–water partition coefficient (Wildman–Crippen LogP) is 0.181. The maximum absolute atomic E-state index is 11.5. The second-order valence-corrected chi connectivity index (χ2v) is 6.62. The molecule has 2 N–H and O–H groups in total. The Hall–Kier alpha value is -0.670. The molecule has 0 aliphatic rings. The number of aldehydes is 1. The Morgan fingerprint density at radius 2 is 1.96 bits per heavy atom. The molecule has 7 nitrogen and oxygen atoms in total. The zero-order chi connectivity index (χ0) is 18.0. The molecule has 0 aliphatic heterocycles. The molecular formula is C16H31NO6S. The van der Waals surface area contributed by atoms with Gasteiger partial charge in [-0.3, -0.25) is 4.79 Å². The molecule has 0 saturated heterocycles. The molecule has 24 heavy (non-hydrogen) atoms. The van der Waals surface area contributed by atoms with Gasteiger partial charge in [0, 0.05) is 31.8 Å². The van der Waals surface area contributed by atoms with Crippen LogP contribution < -0.4 is 0 Å². The first-order valence-electron chi connectivity index (χ1n) is 8.32. The zero-order valence-electron chi connectivity index (χ0n) is 14.5. The summed E-state index contributed by atoms with van der Waals surface area (Å²) in [6.07, 6.45) is 1.58. The fraction of sp³-hybridized carbons (Fsp3) is 0.875. The average molecular weight is 365 g/mol. The van der Waals surface area contributed by atoms with E-state index in [-0.39, 0.29) is 32.2 Å². The Kier molecular flexibility index (Phi) is 16.7. The van der Waals surface area contributed by atoms with Crippen molar-refractivity contribution >= 4 is 24.0 Å². The number of rotatable bonds is 17. The molecule has 0 bridgehead atoms. The molecule has 0 amide bonds. The van der Waals surface area contributed by atoms with Crippen LogP contribution in [-0.4, -0.2) is 91.5 Å². The SMILES string of the molecule is CC(COCCO)CSCCN(CCC=O)CCC(=O)OCCO. The Labute approximate surface area is 148 Å². The molecular weight excluding hydrogens is 334 g/mol. The molecule has 8 heteroatoms. The first kappa shape index (κ1) is 23.3. The van der Waals surface area contributed by atoms with Gasteiger partial charge in [-0.2, -0.15) is 11.8 Å². The highest BCUT2D eigenvalue weighted by Gasteiger charge is 2.10. The minimum Gasteiger partial charge on any atom is -0.463 e. The van der Waals surface area contributed by atoms with E-state index in [0.717, 1.165) is 24.3 Å². The van der Waals surface area contributed by atoms with Crippen LogP contribution in [-0.2, 0) is 19.1 Å². The van der Waals surface area contributed by atoms with Crippen LogP contribution in [0.5, 0.6) is 0 Å². The Bertz CT molecular complexity index is 319. The summed E-state index contributed by atoms with van der Waals surface area (Å²) in [6.45, 7) is 5.00. The van der Waals surface area contributed by atoms with E-state index in [1.54, 1.807) is 0 Å². The van der Waals surface area contributed by atoms with Crippen molar-refractivity contribution in [2.45, 2.75) is 19.8 Å². The van der Waals surface area contributed by atoms with Gasteiger partial charge in [0.2, 0.25) is 0 Å². The maximum Gasteiger partial charge on any atom is 0.307 e. The lowest BCUT2D eigenvalue weighted by molar-refractivity contribution is -0.144. The average Bonchev–Trinajstić information content (AvgIpc) is 2.58. The highest BCUT2D eigenvalue weighted by molar-refractivity contribution is 7.99. The molecule has 0 rings (SSSR count). The van der Waals surface area contributed by atoms with Crippen LogP contribution in [0.2, 0.25) is 0 Å². The lowest BCUT2D eigenvalue weighted by Crippen LogP contribution is -2.30. The number of hydrogen-bond acceptors (Lipinski definition) is 8. The van der Waals surface area contributed by atoms with Gasteiger partial charge >= 0.3 is 5.97 Å². The van der Waals surface area contributed by atoms with E-state index in [1.165, 1.54) is 0 Å². The van der Waals surface area contributed by atoms with Crippen molar-refractivity contribution in [3.05, 3.63) is 0 Å². The van der Waals surface area contributed by atoms with Crippen molar-refractivity contribution in [3.8, 4) is 0 Å². The summed E-state index contributed by atoms with van der Waals surface area (Å²) >= 11 is 1.81. The van der Waals surface area contributed by atoms with Gasteiger partial charge in [0.25, 0.3) is 0 Å². The van der Waals surface area contributed by atoms with Crippen LogP contribution in [0.3, 0.4) is 0 Å². The van der Waals surface area contributed by atoms with E-state index in [1.807, 2.05) is 11.8 Å². The molecule has 1 atom stereocenters. The second kappa shape index (κ2) is 17.2. The summed E-state index contributed by atoms with van der Waals surface area (Å²) in [6, 6.07) is 0. The van der Waals surface area contributed by atoms with Crippen LogP contribution in [0.15, 0.2) is 0 Å². The third-order valence-corrected chi connectivity index (χ3v) is 4.42. The van der Waals surface area contributed by atoms with Crippen LogP contribution in [0, 0.1) is 5.92 Å². The summed E-state index contributed by atoms with van der Waals surface area (Å²) < 4.78 is 10.1. The number of nitrogens with zero attached hydrogens (tertiary/aromatic N) is 1. The monoisotopic (exact) mass is 365 g/mol. The first-order chi connectivity index (χ1) is 11.6. The van der Waals surface area contributed by atoms with Gasteiger partial charge in [-0.1, -0.05) is 6.92 Å². The number of hydrogen-bond donors (Lipinski definition) is 2. The molecule has 0 heterocycles. The summed E-state index contributed by atoms with van der Waals surface area (Å²) in [7, 11) is 0. The first-order valence-corrected chi connectivity index (χ1v) is 9.48. The minimum atomic E-state index is -0.331. The van der Waals surface area contributed by atoms with Gasteiger partial charge in [-0.05, 0) is 11.7 Å². The number of ether oxygens (including phenoxy) is 2. The van der Waals surface area contributed by atoms with Crippen LogP contribution >= 0.6 is 11.8 Å². The molecule has 0 saturated carbocycles. The Balaban J connectivity index is 3.88. The van der Waals surface area contributed by atoms with Gasteiger partial charge in [0.1, 0.15) is 12.9 Å². The Morgan fingerprint density at radius 3 is 2.62 bits per heavy atom. The number of carbonyl (C=O) groups excluding carboxylic acids is 2. The van der Waals surface area contributed by atoms with Gasteiger partial charge < -0.3 is 29.4 Å². The second-order valence-electron chi connectivity index (χ2n) is 5.47. The van der Waals surface area contributed by atoms with Crippen molar-refractivity contribution < 1.29 is 29.3 Å². The number of thioether (sulfide) groups is 1. The lowest BCUT2D eigenvalue weighted by Gasteiger charge is -2.21. The fourth-order valence-corrected chi connectivity index (χ4v) is 2.98. The van der Waals surface area contributed by atoms with E-state index in [2.05, 4.69) is 11.8 Å². The summed E-state index contributed by atoms with van der Waals surface area (Å²) in [5.74, 6) is 1.96. The summed E-state index contributed by atoms with van der Waals surface area (Å²) in [5.41, 5.74) is 0. The molecule has 0 radical (unpaired) electrons. The van der Waals surface area contributed by atoms with E-state index < -0.39 is 0 Å². The van der Waals surface area contributed by atoms with Gasteiger partial charge in [-0.15, -0.1) is 0 Å². The standard InChI is InChI=1S/C16H31NO6S/c1-15(13-22-10-8-19)14-24-12-6-17(4-2-7-18)5-3-16(21)23-11-9-20/h7,15,19-20H,2-6,8-14H2,1H3. The quantitative estimate of drug-likeness (QED) is 0.214. The number of esters is 1. The van der Waals surface area contributed by atoms with Crippen LogP contribution in [0.25, 0.3) is 0 Å². The highest BCUT2D eigenvalue weighted by atomic mass is 32.2. The topological polar surface area (TPSA) is 96.3 Å². The van der Waals surface area contributed by atoms with Crippen molar-refractivity contribution in [2.24, 2.45) is 5.92 Å². The third kappa shape index (κ3) is 14.9. The number of aliphatic hydroxyl groups is 2. The third-order valence-electron chi connectivity index (χ3n) is 3.14. The smallest absolute Gasteiger partial charge is 0.307 e. The maximum atomic E-state index is 11.5. The van der Waals surface area contributed by atoms with Crippen molar-refractivity contribution in [3.63, 3.8) is 0 Å². The Morgan fingerprint density at radius 1 is 1.21 bits per heavy atom. The van der Waals surface area contributed by atoms with Gasteiger partial charge in [0.05, 0.1) is 32.8 Å². The van der Waals surface area contributed by atoms with Gasteiger partial charge in [-0.25, -0.2) is 0 Å². The fourth-order valence-electron chi connectivity index (χ4n) is 1.93. The van der Waals surface area contributed by atoms with Gasteiger partial charge in [0.15, 0.2) is 0 Å². The lowest BCUT2D eigenvalue weighted by atomic mass is 10.2. The van der Waals surface area contributed by atoms with E-state index >= 15 is 0 Å². The number of carbonyl (C=O) groups is 2. The molecule has 0 aromatic rings. The molecule has 142 valence electrons. The molecule has 0 fully saturated rings. The zero-order valence-corrected chi connectivity index (χ0v) is 15.3. The van der Waals surface area contributed by atoms with Crippen LogP contribution in [0.1, 0.15) is 19.8 Å². The summed E-state index contributed by atoms with van der Waals surface area (Å²) in [4.78, 5) is 24.1. The number of aliphatic hydroxyl groups excluding tert-OH is 2. The van der Waals surface area contributed by atoms with Crippen molar-refractivity contribution in [1.82, 2.24) is 4.90 Å². The molecule has 0 aliphatic carbocycles. The summed E-state index contributed by atoms with van der Waals surface area (Å²) in [5, 5.41) is 17.3. The van der Waals surface area contributed by atoms with E-state index in [0.29, 0.717) is 38.6 Å². The van der Waals surface area contributed by atoms with Crippen molar-refractivity contribution in [1.29, 1.82) is 0 Å². The minimum absolute atomic E-state index is 0.0270. The molecule has 0 aromatic heterocycles. The molecule has 0 aromatic carbocycles. The van der Waals surface area contributed by atoms with Crippen molar-refractivity contribution in [2.75, 3.05) is 64.2 Å².